The van der Waals surface area contributed by atoms with Gasteiger partial charge in [-0.15, -0.1) is 0 Å². The molecule has 0 nitrogen and oxygen atoms in total. The fraction of sp³-hybridized carbons (Fsp3) is 0.897. The van der Waals surface area contributed by atoms with Gasteiger partial charge in [0.25, 0.3) is 0 Å². The topological polar surface area (TPSA) is 0 Å². The number of hydrogen-bond acceptors (Lipinski definition) is 0. The summed E-state index contributed by atoms with van der Waals surface area (Å²) < 4.78 is 0. The SMILES string of the molecule is C=C(C)/C(=C/C)CCC.CC.CC.CCC.CCCC.CCCC(C)CCC(C)C1(C)CCCC12CCCC2. The van der Waals surface area contributed by atoms with Gasteiger partial charge in [0.15, 0.2) is 0 Å². The molecule has 0 amide bonds. The molecule has 238 valence electrons. The van der Waals surface area contributed by atoms with Crippen LogP contribution in [0.5, 0.6) is 0 Å². The van der Waals surface area contributed by atoms with Crippen LogP contribution >= 0.6 is 0 Å². The highest BCUT2D eigenvalue weighted by Gasteiger charge is 2.54. The van der Waals surface area contributed by atoms with Crippen molar-refractivity contribution in [1.29, 1.82) is 0 Å². The summed E-state index contributed by atoms with van der Waals surface area (Å²) in [5.74, 6) is 1.88. The molecular weight excluding hydrogens is 468 g/mol. The third kappa shape index (κ3) is 19.3. The summed E-state index contributed by atoms with van der Waals surface area (Å²) in [5, 5.41) is 0. The van der Waals surface area contributed by atoms with Crippen LogP contribution in [0.2, 0.25) is 0 Å². The van der Waals surface area contributed by atoms with Crippen molar-refractivity contribution >= 4 is 0 Å². The first-order valence-electron chi connectivity index (χ1n) is 17.9. The van der Waals surface area contributed by atoms with Gasteiger partial charge in [0.05, 0.1) is 0 Å². The van der Waals surface area contributed by atoms with E-state index in [-0.39, 0.29) is 0 Å². The van der Waals surface area contributed by atoms with Crippen molar-refractivity contribution in [3.63, 3.8) is 0 Å². The summed E-state index contributed by atoms with van der Waals surface area (Å²) in [6, 6.07) is 0. The monoisotopic (exact) mass is 551 g/mol. The van der Waals surface area contributed by atoms with Gasteiger partial charge in [0.1, 0.15) is 0 Å². The van der Waals surface area contributed by atoms with Crippen LogP contribution in [0.4, 0.5) is 0 Å². The normalized spacial score (nSPS) is 20.2. The minimum absolute atomic E-state index is 0.662. The van der Waals surface area contributed by atoms with E-state index in [0.717, 1.165) is 17.3 Å². The quantitative estimate of drug-likeness (QED) is 0.237. The Morgan fingerprint density at radius 2 is 1.18 bits per heavy atom. The fourth-order valence-corrected chi connectivity index (χ4v) is 6.35. The van der Waals surface area contributed by atoms with Crippen LogP contribution in [-0.2, 0) is 0 Å². The molecule has 1 spiro atoms. The largest absolute Gasteiger partial charge is 0.0958 e. The van der Waals surface area contributed by atoms with Gasteiger partial charge in [0, 0.05) is 0 Å². The molecule has 3 atom stereocenters. The van der Waals surface area contributed by atoms with Crippen LogP contribution < -0.4 is 0 Å². The second kappa shape index (κ2) is 30.4. The molecule has 0 aromatic carbocycles. The number of unbranched alkanes of at least 4 members (excludes halogenated alkanes) is 1. The molecule has 0 aliphatic heterocycles. The van der Waals surface area contributed by atoms with E-state index in [2.05, 4.69) is 88.8 Å². The Hall–Kier alpha value is -0.520. The molecule has 0 heteroatoms. The van der Waals surface area contributed by atoms with Gasteiger partial charge < -0.3 is 0 Å². The highest BCUT2D eigenvalue weighted by atomic mass is 14.6. The zero-order chi connectivity index (χ0) is 31.3. The minimum Gasteiger partial charge on any atom is -0.0958 e. The smallest absolute Gasteiger partial charge is 0.0241 e. The molecule has 2 aliphatic carbocycles. The second-order valence-corrected chi connectivity index (χ2v) is 12.2. The van der Waals surface area contributed by atoms with Gasteiger partial charge in [-0.25, -0.2) is 0 Å². The first kappa shape index (κ1) is 45.5. The summed E-state index contributed by atoms with van der Waals surface area (Å²) in [4.78, 5) is 0. The Balaban J connectivity index is -0.000000256. The molecule has 0 heterocycles. The number of allylic oxidation sites excluding steroid dienone is 3. The van der Waals surface area contributed by atoms with E-state index < -0.39 is 0 Å². The van der Waals surface area contributed by atoms with Crippen molar-refractivity contribution in [3.8, 4) is 0 Å². The van der Waals surface area contributed by atoms with Crippen LogP contribution in [-0.4, -0.2) is 0 Å². The lowest BCUT2D eigenvalue weighted by Crippen LogP contribution is -2.38. The third-order valence-electron chi connectivity index (χ3n) is 9.00. The molecule has 0 saturated heterocycles. The van der Waals surface area contributed by atoms with Crippen LogP contribution in [0.1, 0.15) is 207 Å². The Kier molecular flexibility index (Phi) is 35.5. The average Bonchev–Trinajstić information content (AvgIpc) is 3.56. The average molecular weight is 551 g/mol. The Labute approximate surface area is 252 Å². The van der Waals surface area contributed by atoms with Gasteiger partial charge in [-0.3, -0.25) is 0 Å². The van der Waals surface area contributed by atoms with Crippen molar-refractivity contribution in [2.24, 2.45) is 22.7 Å². The van der Waals surface area contributed by atoms with E-state index in [1.807, 2.05) is 27.7 Å². The van der Waals surface area contributed by atoms with Gasteiger partial charge in [-0.1, -0.05) is 172 Å². The second-order valence-electron chi connectivity index (χ2n) is 12.2. The lowest BCUT2D eigenvalue weighted by Gasteiger charge is -2.46. The molecule has 0 aromatic rings. The van der Waals surface area contributed by atoms with E-state index in [4.69, 9.17) is 0 Å². The zero-order valence-corrected chi connectivity index (χ0v) is 30.8. The molecule has 0 radical (unpaired) electrons. The summed E-state index contributed by atoms with van der Waals surface area (Å²) >= 11 is 0. The first-order chi connectivity index (χ1) is 18.6. The zero-order valence-electron chi connectivity index (χ0n) is 30.8. The van der Waals surface area contributed by atoms with E-state index in [1.54, 1.807) is 19.3 Å². The lowest BCUT2D eigenvalue weighted by molar-refractivity contribution is 0.0296. The molecular formula is C39H82. The summed E-state index contributed by atoms with van der Waals surface area (Å²) in [5.41, 5.74) is 4.02. The summed E-state index contributed by atoms with van der Waals surface area (Å²) in [7, 11) is 0. The predicted molar refractivity (Wildman–Crippen MR) is 188 cm³/mol. The first-order valence-corrected chi connectivity index (χ1v) is 17.9. The standard InChI is InChI=1S/C19H36.C9H16.C4H10.C3H8.2C2H6/c1-5-9-16(2)10-11-17(3)18(4)12-8-15-19(18)13-6-7-14-19;1-5-7-9(6-2)8(3)4;1-3-4-2;1-3-2;2*1-2/h16-17H,5-15H2,1-4H3;6H,3,5,7H2,1-2,4H3;3-4H2,1-2H3;3H2,1-2H3;2*1-2H3/b;9-6+;;;;. The van der Waals surface area contributed by atoms with Crippen molar-refractivity contribution in [2.45, 2.75) is 207 Å². The third-order valence-corrected chi connectivity index (χ3v) is 9.00. The maximum absolute atomic E-state index is 3.88. The molecule has 0 N–H and O–H groups in total. The van der Waals surface area contributed by atoms with E-state index in [1.165, 1.54) is 94.6 Å². The van der Waals surface area contributed by atoms with Crippen LogP contribution in [0.25, 0.3) is 0 Å². The molecule has 39 heavy (non-hydrogen) atoms. The molecule has 0 bridgehead atoms. The van der Waals surface area contributed by atoms with Crippen LogP contribution in [0, 0.1) is 22.7 Å². The highest BCUT2D eigenvalue weighted by Crippen LogP contribution is 2.64. The Bertz CT molecular complexity index is 511. The van der Waals surface area contributed by atoms with E-state index >= 15 is 0 Å². The van der Waals surface area contributed by atoms with E-state index in [0.29, 0.717) is 5.41 Å². The Morgan fingerprint density at radius 1 is 0.718 bits per heavy atom. The Morgan fingerprint density at radius 3 is 1.51 bits per heavy atom. The summed E-state index contributed by atoms with van der Waals surface area (Å²) in [6.07, 6.45) is 24.8. The molecule has 2 fully saturated rings. The molecule has 2 aliphatic rings. The van der Waals surface area contributed by atoms with E-state index in [9.17, 15) is 0 Å². The lowest BCUT2D eigenvalue weighted by atomic mass is 9.58. The summed E-state index contributed by atoms with van der Waals surface area (Å²) in [6.45, 7) is 36.8. The minimum atomic E-state index is 0.662. The maximum Gasteiger partial charge on any atom is -0.0241 e. The molecule has 0 aromatic heterocycles. The van der Waals surface area contributed by atoms with Crippen molar-refractivity contribution < 1.29 is 0 Å². The highest BCUT2D eigenvalue weighted by molar-refractivity contribution is 5.25. The van der Waals surface area contributed by atoms with Crippen LogP contribution in [0.3, 0.4) is 0 Å². The van der Waals surface area contributed by atoms with Crippen molar-refractivity contribution in [1.82, 2.24) is 0 Å². The van der Waals surface area contributed by atoms with Gasteiger partial charge in [-0.2, -0.15) is 0 Å². The number of hydrogen-bond donors (Lipinski definition) is 0. The van der Waals surface area contributed by atoms with Gasteiger partial charge >= 0.3 is 0 Å². The maximum atomic E-state index is 3.88. The van der Waals surface area contributed by atoms with Crippen molar-refractivity contribution in [3.05, 3.63) is 23.8 Å². The van der Waals surface area contributed by atoms with Crippen LogP contribution in [0.15, 0.2) is 23.8 Å². The number of rotatable bonds is 10. The van der Waals surface area contributed by atoms with Gasteiger partial charge in [0.2, 0.25) is 0 Å². The molecule has 2 rings (SSSR count). The fourth-order valence-electron chi connectivity index (χ4n) is 6.35. The molecule has 3 unspecified atom stereocenters. The van der Waals surface area contributed by atoms with Crippen molar-refractivity contribution in [2.75, 3.05) is 0 Å². The van der Waals surface area contributed by atoms with Gasteiger partial charge in [-0.05, 0) is 80.6 Å². The predicted octanol–water partition coefficient (Wildman–Crippen LogP) is 15.2. The molecule has 2 saturated carbocycles.